The quantitative estimate of drug-likeness (QED) is 0.116. The highest BCUT2D eigenvalue weighted by Gasteiger charge is 2.50. The summed E-state index contributed by atoms with van der Waals surface area (Å²) in [4.78, 5) is 34.4. The average Bonchev–Trinajstić information content (AvgIpc) is 3.17. The molecule has 2 aliphatic heterocycles. The van der Waals surface area contributed by atoms with Crippen LogP contribution < -0.4 is 10.6 Å². The summed E-state index contributed by atoms with van der Waals surface area (Å²) in [5, 5.41) is 8.08. The maximum Gasteiger partial charge on any atom is 0.254 e. The van der Waals surface area contributed by atoms with E-state index in [4.69, 9.17) is 0 Å². The first-order chi connectivity index (χ1) is 25.6. The topological polar surface area (TPSA) is 64.7 Å². The Kier molecular flexibility index (Phi) is 18.1. The van der Waals surface area contributed by atoms with Gasteiger partial charge in [0.1, 0.15) is 0 Å². The smallest absolute Gasteiger partial charge is 0.254 e. The van der Waals surface area contributed by atoms with Crippen molar-refractivity contribution in [3.05, 3.63) is 35.4 Å². The van der Waals surface area contributed by atoms with Crippen molar-refractivity contribution in [3.63, 3.8) is 0 Å². The van der Waals surface area contributed by atoms with E-state index in [1.807, 2.05) is 24.3 Å². The molecule has 2 fully saturated rings. The van der Waals surface area contributed by atoms with Crippen LogP contribution in [0.15, 0.2) is 24.3 Å². The van der Waals surface area contributed by atoms with Crippen LogP contribution in [0.3, 0.4) is 0 Å². The van der Waals surface area contributed by atoms with Gasteiger partial charge in [-0.1, -0.05) is 126 Å². The van der Waals surface area contributed by atoms with Crippen molar-refractivity contribution in [2.24, 2.45) is 11.8 Å². The number of unbranched alkanes of at least 4 members (excludes halogenated alkanes) is 10. The van der Waals surface area contributed by atoms with Crippen LogP contribution in [0.25, 0.3) is 0 Å². The van der Waals surface area contributed by atoms with E-state index >= 15 is 0 Å². The molecule has 2 amide bonds. The second-order valence-electron chi connectivity index (χ2n) is 18.9. The van der Waals surface area contributed by atoms with Crippen molar-refractivity contribution >= 4 is 11.8 Å². The van der Waals surface area contributed by atoms with Gasteiger partial charge in [-0.15, -0.1) is 0 Å². The molecule has 6 nitrogen and oxygen atoms in total. The number of benzene rings is 1. The lowest BCUT2D eigenvalue weighted by Crippen LogP contribution is -2.69. The number of hydrogen-bond donors (Lipinski definition) is 2. The zero-order chi connectivity index (χ0) is 40.2. The van der Waals surface area contributed by atoms with E-state index < -0.39 is 0 Å². The lowest BCUT2D eigenvalue weighted by molar-refractivity contribution is 0.00163. The molecule has 8 unspecified atom stereocenters. The normalized spacial score (nSPS) is 31.3. The molecule has 2 saturated heterocycles. The minimum Gasteiger partial charge on any atom is -0.335 e. The predicted octanol–water partition coefficient (Wildman–Crippen LogP) is 12.0. The average molecular weight is 751 g/mol. The molecule has 6 heteroatoms. The van der Waals surface area contributed by atoms with Gasteiger partial charge >= 0.3 is 0 Å². The van der Waals surface area contributed by atoms with Gasteiger partial charge < -0.3 is 20.4 Å². The van der Waals surface area contributed by atoms with Crippen molar-refractivity contribution < 1.29 is 9.59 Å². The van der Waals surface area contributed by atoms with Crippen LogP contribution in [-0.4, -0.2) is 68.9 Å². The second-order valence-corrected chi connectivity index (χ2v) is 18.9. The number of piperidine rings is 2. The summed E-state index contributed by atoms with van der Waals surface area (Å²) in [6.07, 6.45) is 20.3. The first kappa shape index (κ1) is 46.5. The molecule has 0 aliphatic carbocycles. The summed E-state index contributed by atoms with van der Waals surface area (Å²) < 4.78 is 0. The van der Waals surface area contributed by atoms with E-state index in [-0.39, 0.29) is 46.1 Å². The Morgan fingerprint density at radius 1 is 0.574 bits per heavy atom. The third-order valence-electron chi connectivity index (χ3n) is 14.9. The van der Waals surface area contributed by atoms with Crippen LogP contribution in [0.4, 0.5) is 0 Å². The van der Waals surface area contributed by atoms with Gasteiger partial charge in [0.15, 0.2) is 0 Å². The minimum atomic E-state index is -0.0618. The molecule has 2 aliphatic rings. The highest BCUT2D eigenvalue weighted by molar-refractivity contribution is 6.00. The van der Waals surface area contributed by atoms with Crippen LogP contribution in [-0.2, 0) is 0 Å². The summed E-state index contributed by atoms with van der Waals surface area (Å²) >= 11 is 0. The lowest BCUT2D eigenvalue weighted by Gasteiger charge is -2.56. The number of hydrogen-bond acceptors (Lipinski definition) is 4. The maximum atomic E-state index is 15.0. The van der Waals surface area contributed by atoms with Gasteiger partial charge in [-0.05, 0) is 109 Å². The standard InChI is InChI=1S/C48H86N4O2/c1-13-19-21-23-25-27-32-51(41-35-45(9,15-3)49-47(11,17-5)37(41)7)43(53)39-30-29-31-40(34-39)44(54)52(33-28-26-24-22-20-14-2)42-36-46(10,16-4)50-48(12,18-6)38(42)8/h29-31,34,37-38,41-42,49-50H,13-28,32-33,35-36H2,1-12H3. The fraction of sp³-hybridized carbons (Fsp3) is 0.833. The van der Waals surface area contributed by atoms with Gasteiger partial charge in [-0.2, -0.15) is 0 Å². The largest absolute Gasteiger partial charge is 0.335 e. The molecule has 1 aromatic rings. The van der Waals surface area contributed by atoms with Crippen molar-refractivity contribution in [2.45, 2.75) is 233 Å². The van der Waals surface area contributed by atoms with Crippen molar-refractivity contribution in [3.8, 4) is 0 Å². The van der Waals surface area contributed by atoms with Crippen LogP contribution in [0, 0.1) is 11.8 Å². The highest BCUT2D eigenvalue weighted by atomic mass is 16.2. The Morgan fingerprint density at radius 3 is 1.26 bits per heavy atom. The van der Waals surface area contributed by atoms with Crippen LogP contribution in [0.2, 0.25) is 0 Å². The molecule has 310 valence electrons. The summed E-state index contributed by atoms with van der Waals surface area (Å²) in [5.41, 5.74) is 1.11. The Morgan fingerprint density at radius 2 is 0.926 bits per heavy atom. The number of nitrogens with one attached hydrogen (secondary N) is 2. The zero-order valence-electron chi connectivity index (χ0n) is 37.5. The number of rotatable bonds is 22. The predicted molar refractivity (Wildman–Crippen MR) is 231 cm³/mol. The molecular formula is C48H86N4O2. The van der Waals surface area contributed by atoms with Crippen molar-refractivity contribution in [1.82, 2.24) is 20.4 Å². The second kappa shape index (κ2) is 21.0. The van der Waals surface area contributed by atoms with Crippen molar-refractivity contribution in [2.75, 3.05) is 13.1 Å². The summed E-state index contributed by atoms with van der Waals surface area (Å²) in [6, 6.07) is 8.09. The first-order valence-electron chi connectivity index (χ1n) is 22.9. The molecule has 8 atom stereocenters. The van der Waals surface area contributed by atoms with Gasteiger partial charge in [0.25, 0.3) is 11.8 Å². The Hall–Kier alpha value is -1.92. The van der Waals surface area contributed by atoms with E-state index in [0.29, 0.717) is 23.0 Å². The molecule has 2 heterocycles. The highest BCUT2D eigenvalue weighted by Crippen LogP contribution is 2.42. The molecule has 0 spiro atoms. The fourth-order valence-electron chi connectivity index (χ4n) is 9.96. The molecule has 54 heavy (non-hydrogen) atoms. The number of nitrogens with zero attached hydrogens (tertiary/aromatic N) is 2. The Labute approximate surface area is 334 Å². The lowest BCUT2D eigenvalue weighted by atomic mass is 9.68. The summed E-state index contributed by atoms with van der Waals surface area (Å²) in [5.74, 6) is 0.768. The van der Waals surface area contributed by atoms with Gasteiger partial charge in [0.05, 0.1) is 0 Å². The van der Waals surface area contributed by atoms with Crippen LogP contribution >= 0.6 is 0 Å². The van der Waals surface area contributed by atoms with E-state index in [2.05, 4.69) is 104 Å². The minimum absolute atomic E-state index is 0.0397. The Balaban J connectivity index is 2.01. The molecule has 0 bridgehead atoms. The Bertz CT molecular complexity index is 1210. The van der Waals surface area contributed by atoms with Gasteiger partial charge in [0, 0.05) is 58.5 Å². The maximum absolute atomic E-state index is 15.0. The van der Waals surface area contributed by atoms with Crippen LogP contribution in [0.5, 0.6) is 0 Å². The third-order valence-corrected chi connectivity index (χ3v) is 14.9. The zero-order valence-corrected chi connectivity index (χ0v) is 37.5. The number of amides is 2. The molecular weight excluding hydrogens is 665 g/mol. The van der Waals surface area contributed by atoms with E-state index in [1.165, 1.54) is 51.4 Å². The number of carbonyl (C=O) groups excluding carboxylic acids is 2. The molecule has 1 aromatic carbocycles. The van der Waals surface area contributed by atoms with Gasteiger partial charge in [-0.25, -0.2) is 0 Å². The monoisotopic (exact) mass is 751 g/mol. The molecule has 2 N–H and O–H groups in total. The van der Waals surface area contributed by atoms with Crippen LogP contribution in [0.1, 0.15) is 219 Å². The molecule has 0 saturated carbocycles. The van der Waals surface area contributed by atoms with E-state index in [1.54, 1.807) is 0 Å². The van der Waals surface area contributed by atoms with E-state index in [9.17, 15) is 9.59 Å². The van der Waals surface area contributed by atoms with E-state index in [0.717, 1.165) is 77.3 Å². The van der Waals surface area contributed by atoms with Crippen molar-refractivity contribution in [1.29, 1.82) is 0 Å². The van der Waals surface area contributed by atoms with Gasteiger partial charge in [0.2, 0.25) is 0 Å². The molecule has 0 radical (unpaired) electrons. The number of carbonyl (C=O) groups is 2. The first-order valence-corrected chi connectivity index (χ1v) is 22.9. The fourth-order valence-corrected chi connectivity index (χ4v) is 9.96. The molecule has 0 aromatic heterocycles. The third kappa shape index (κ3) is 11.6. The summed E-state index contributed by atoms with van der Waals surface area (Å²) in [7, 11) is 0. The summed E-state index contributed by atoms with van der Waals surface area (Å²) in [6.45, 7) is 29.3. The SMILES string of the molecule is CCCCCCCCN(C(=O)c1cccc(C(=O)N(CCCCCCCC)C2CC(C)(CC)NC(C)(CC)C2C)c1)C1CC(C)(CC)NC(C)(CC)C1C. The molecule has 3 rings (SSSR count). The van der Waals surface area contributed by atoms with Gasteiger partial charge in [-0.3, -0.25) is 9.59 Å².